The van der Waals surface area contributed by atoms with Gasteiger partial charge in [-0.25, -0.2) is 4.79 Å². The number of amides is 1. The number of carbonyl (C=O) groups excluding carboxylic acids is 1. The Morgan fingerprint density at radius 2 is 0.667 bits per heavy atom. The number of alkyl halides is 1. The number of hydrogen-bond donors (Lipinski definition) is 0. The van der Waals surface area contributed by atoms with Crippen molar-refractivity contribution in [3.8, 4) is 0 Å². The van der Waals surface area contributed by atoms with Crippen LogP contribution in [0.25, 0.3) is 0 Å². The lowest BCUT2D eigenvalue weighted by Crippen LogP contribution is -2.36. The Morgan fingerprint density at radius 1 is 0.444 bits per heavy atom. The second-order valence-electron chi connectivity index (χ2n) is 10.3. The summed E-state index contributed by atoms with van der Waals surface area (Å²) in [6, 6.07) is 0. The van der Waals surface area contributed by atoms with Crippen LogP contribution in [0.4, 0.5) is 4.79 Å². The molecule has 0 unspecified atom stereocenters. The molecule has 0 aliphatic carbocycles. The molecule has 15 heteroatoms. The lowest BCUT2D eigenvalue weighted by Gasteiger charge is -2.24. The topological polar surface area (TPSA) is 131 Å². The Balaban J connectivity index is 3.14. The highest BCUT2D eigenvalue weighted by molar-refractivity contribution is 6.17. The largest absolute Gasteiger partial charge is 0.444 e. The van der Waals surface area contributed by atoms with Crippen LogP contribution >= 0.6 is 11.6 Å². The Morgan fingerprint density at radius 3 is 0.889 bits per heavy atom. The van der Waals surface area contributed by atoms with Crippen molar-refractivity contribution in [3.05, 3.63) is 0 Å². The van der Waals surface area contributed by atoms with Gasteiger partial charge in [0.05, 0.1) is 145 Å². The van der Waals surface area contributed by atoms with Crippen LogP contribution in [-0.2, 0) is 56.8 Å². The maximum Gasteiger partial charge on any atom is 0.410 e. The maximum absolute atomic E-state index is 11.8. The van der Waals surface area contributed by atoms with Crippen molar-refractivity contribution in [2.24, 2.45) is 0 Å². The van der Waals surface area contributed by atoms with Gasteiger partial charge in [0.25, 0.3) is 0 Å². The van der Waals surface area contributed by atoms with Gasteiger partial charge in [-0.15, -0.1) is 11.6 Å². The number of hydrogen-bond acceptors (Lipinski definition) is 13. The number of nitrogens with zero attached hydrogens (tertiary/aromatic N) is 1. The SMILES string of the molecule is CN(CCOCCOCCOCCOCCOCCOCCOCCOCCOCCOCCOCCCl)C(=O)OC(C)(C)C. The van der Waals surface area contributed by atoms with Crippen LogP contribution in [0.5, 0.6) is 0 Å². The molecule has 0 radical (unpaired) electrons. The molecule has 0 fully saturated rings. The van der Waals surface area contributed by atoms with Crippen molar-refractivity contribution < 1.29 is 61.6 Å². The smallest absolute Gasteiger partial charge is 0.410 e. The van der Waals surface area contributed by atoms with Gasteiger partial charge in [-0.3, -0.25) is 0 Å². The van der Waals surface area contributed by atoms with E-state index < -0.39 is 5.60 Å². The summed E-state index contributed by atoms with van der Waals surface area (Å²) in [6.07, 6.45) is -0.364. The predicted molar refractivity (Wildman–Crippen MR) is 169 cm³/mol. The average Bonchev–Trinajstić information content (AvgIpc) is 3.00. The van der Waals surface area contributed by atoms with E-state index in [-0.39, 0.29) is 6.09 Å². The normalized spacial score (nSPS) is 11.8. The first-order valence-electron chi connectivity index (χ1n) is 15.7. The molecule has 270 valence electrons. The third-order valence-electron chi connectivity index (χ3n) is 5.22. The fourth-order valence-corrected chi connectivity index (χ4v) is 3.10. The van der Waals surface area contributed by atoms with Crippen molar-refractivity contribution in [2.75, 3.05) is 165 Å². The number of ether oxygens (including phenoxy) is 12. The van der Waals surface area contributed by atoms with E-state index in [1.54, 1.807) is 7.05 Å². The molecule has 45 heavy (non-hydrogen) atoms. The summed E-state index contributed by atoms with van der Waals surface area (Å²) in [7, 11) is 1.68. The molecule has 0 spiro atoms. The Bertz CT molecular complexity index is 617. The van der Waals surface area contributed by atoms with Gasteiger partial charge in [0.1, 0.15) is 5.60 Å². The van der Waals surface area contributed by atoms with Crippen molar-refractivity contribution in [1.29, 1.82) is 0 Å². The summed E-state index contributed by atoms with van der Waals surface area (Å²) in [5.74, 6) is 0.494. The molecule has 0 rings (SSSR count). The van der Waals surface area contributed by atoms with Crippen LogP contribution in [0.3, 0.4) is 0 Å². The van der Waals surface area contributed by atoms with E-state index in [0.717, 1.165) is 0 Å². The quantitative estimate of drug-likeness (QED) is 0.0719. The summed E-state index contributed by atoms with van der Waals surface area (Å²) in [4.78, 5) is 13.3. The van der Waals surface area contributed by atoms with E-state index in [1.807, 2.05) is 20.8 Å². The second-order valence-corrected chi connectivity index (χ2v) is 10.7. The average molecular weight is 678 g/mol. The highest BCUT2D eigenvalue weighted by Crippen LogP contribution is 2.08. The van der Waals surface area contributed by atoms with E-state index in [2.05, 4.69) is 0 Å². The number of rotatable bonds is 35. The molecule has 0 aromatic carbocycles. The minimum atomic E-state index is -0.509. The van der Waals surface area contributed by atoms with Crippen molar-refractivity contribution in [1.82, 2.24) is 4.90 Å². The summed E-state index contributed by atoms with van der Waals surface area (Å²) in [5, 5.41) is 0. The Hall–Kier alpha value is -0.880. The monoisotopic (exact) mass is 677 g/mol. The van der Waals surface area contributed by atoms with Crippen molar-refractivity contribution in [3.63, 3.8) is 0 Å². The summed E-state index contributed by atoms with van der Waals surface area (Å²) in [6.45, 7) is 16.9. The zero-order chi connectivity index (χ0) is 33.1. The first-order valence-corrected chi connectivity index (χ1v) is 16.3. The van der Waals surface area contributed by atoms with Gasteiger partial charge in [0.15, 0.2) is 0 Å². The van der Waals surface area contributed by atoms with Gasteiger partial charge in [-0.1, -0.05) is 0 Å². The minimum absolute atomic E-state index is 0.364. The standard InChI is InChI=1S/C30H60ClNO13/c1-30(2,3)45-29(33)32(4)6-8-35-10-12-37-14-16-39-18-20-41-22-24-43-26-28-44-27-25-42-23-21-40-19-17-38-15-13-36-11-9-34-7-5-31/h5-28H2,1-4H3. The molecule has 0 aliphatic heterocycles. The third-order valence-corrected chi connectivity index (χ3v) is 5.37. The predicted octanol–water partition coefficient (Wildman–Crippen LogP) is 2.27. The molecule has 0 bridgehead atoms. The third kappa shape index (κ3) is 37.5. The molecule has 0 aromatic rings. The molecule has 0 heterocycles. The fraction of sp³-hybridized carbons (Fsp3) is 0.967. The Kier molecular flexibility index (Phi) is 33.8. The number of halogens is 1. The van der Waals surface area contributed by atoms with Crippen LogP contribution in [-0.4, -0.2) is 181 Å². The molecule has 0 atom stereocenters. The zero-order valence-corrected chi connectivity index (χ0v) is 28.9. The van der Waals surface area contributed by atoms with Crippen molar-refractivity contribution in [2.45, 2.75) is 26.4 Å². The Labute approximate surface area is 275 Å². The van der Waals surface area contributed by atoms with Crippen LogP contribution in [0.15, 0.2) is 0 Å². The van der Waals surface area contributed by atoms with Crippen molar-refractivity contribution >= 4 is 17.7 Å². The van der Waals surface area contributed by atoms with E-state index in [9.17, 15) is 4.79 Å². The first-order chi connectivity index (χ1) is 21.9. The fourth-order valence-electron chi connectivity index (χ4n) is 2.99. The van der Waals surface area contributed by atoms with Gasteiger partial charge in [-0.05, 0) is 20.8 Å². The molecule has 1 amide bonds. The highest BCUT2D eigenvalue weighted by atomic mass is 35.5. The van der Waals surface area contributed by atoms with Gasteiger partial charge >= 0.3 is 6.09 Å². The number of carbonyl (C=O) groups is 1. The van der Waals surface area contributed by atoms with E-state index in [1.165, 1.54) is 4.90 Å². The van der Waals surface area contributed by atoms with Gasteiger partial charge < -0.3 is 61.7 Å². The van der Waals surface area contributed by atoms with Crippen LogP contribution in [0.2, 0.25) is 0 Å². The molecular formula is C30H60ClNO13. The first kappa shape index (κ1) is 44.1. The second kappa shape index (κ2) is 34.5. The van der Waals surface area contributed by atoms with Crippen LogP contribution in [0.1, 0.15) is 20.8 Å². The van der Waals surface area contributed by atoms with E-state index >= 15 is 0 Å². The number of likely N-dealkylation sites (N-methyl/N-ethyl adjacent to an activating group) is 1. The maximum atomic E-state index is 11.8. The lowest BCUT2D eigenvalue weighted by molar-refractivity contribution is -0.0276. The van der Waals surface area contributed by atoms with Crippen LogP contribution < -0.4 is 0 Å². The lowest BCUT2D eigenvalue weighted by atomic mass is 10.2. The molecule has 0 N–H and O–H groups in total. The van der Waals surface area contributed by atoms with Gasteiger partial charge in [0.2, 0.25) is 0 Å². The molecule has 0 saturated carbocycles. The minimum Gasteiger partial charge on any atom is -0.444 e. The highest BCUT2D eigenvalue weighted by Gasteiger charge is 2.19. The van der Waals surface area contributed by atoms with Gasteiger partial charge in [-0.2, -0.15) is 0 Å². The zero-order valence-electron chi connectivity index (χ0n) is 28.1. The summed E-state index contributed by atoms with van der Waals surface area (Å²) >= 11 is 5.51. The molecule has 14 nitrogen and oxygen atoms in total. The summed E-state index contributed by atoms with van der Waals surface area (Å²) < 4.78 is 65.0. The van der Waals surface area contributed by atoms with E-state index in [0.29, 0.717) is 158 Å². The molecule has 0 aromatic heterocycles. The molecule has 0 saturated heterocycles. The summed E-state index contributed by atoms with van der Waals surface area (Å²) in [5.41, 5.74) is -0.509. The molecular weight excluding hydrogens is 618 g/mol. The molecule has 0 aliphatic rings. The van der Waals surface area contributed by atoms with Crippen LogP contribution in [0, 0.1) is 0 Å². The van der Waals surface area contributed by atoms with Gasteiger partial charge in [0, 0.05) is 19.5 Å². The van der Waals surface area contributed by atoms with E-state index in [4.69, 9.17) is 68.4 Å².